The van der Waals surface area contributed by atoms with Crippen molar-refractivity contribution in [3.05, 3.63) is 41.7 Å². The third-order valence-corrected chi connectivity index (χ3v) is 5.41. The molecule has 0 radical (unpaired) electrons. The fraction of sp³-hybridized carbons (Fsp3) is 0.455. The van der Waals surface area contributed by atoms with Gasteiger partial charge in [0.15, 0.2) is 5.16 Å². The number of aromatic nitrogens is 2. The van der Waals surface area contributed by atoms with E-state index in [1.54, 1.807) is 35.8 Å². The van der Waals surface area contributed by atoms with Crippen LogP contribution in [0, 0.1) is 5.92 Å². The molecule has 0 aliphatic heterocycles. The van der Waals surface area contributed by atoms with Gasteiger partial charge in [-0.25, -0.2) is 9.78 Å². The number of hydrogen-bond acceptors (Lipinski definition) is 7. The van der Waals surface area contributed by atoms with Gasteiger partial charge >= 0.3 is 5.97 Å². The number of anilines is 1. The largest absolute Gasteiger partial charge is 0.462 e. The molecule has 0 unspecified atom stereocenters. The Labute approximate surface area is 191 Å². The predicted molar refractivity (Wildman–Crippen MR) is 122 cm³/mol. The third-order valence-electron chi connectivity index (χ3n) is 4.42. The van der Waals surface area contributed by atoms with Crippen molar-refractivity contribution in [2.75, 3.05) is 24.2 Å². The second-order valence-corrected chi connectivity index (χ2v) is 8.39. The van der Waals surface area contributed by atoms with E-state index >= 15 is 0 Å². The second-order valence-electron chi connectivity index (χ2n) is 7.44. The number of ether oxygens (including phenoxy) is 1. The molecule has 2 rings (SSSR count). The van der Waals surface area contributed by atoms with Gasteiger partial charge in [-0.2, -0.15) is 0 Å². The Morgan fingerprint density at radius 1 is 1.19 bits per heavy atom. The van der Waals surface area contributed by atoms with Gasteiger partial charge in [0.1, 0.15) is 6.54 Å². The second kappa shape index (κ2) is 12.9. The maximum Gasteiger partial charge on any atom is 0.338 e. The highest BCUT2D eigenvalue weighted by molar-refractivity contribution is 7.99. The number of imidazole rings is 1. The molecule has 0 aliphatic rings. The average molecular weight is 463 g/mol. The van der Waals surface area contributed by atoms with Crippen molar-refractivity contribution in [2.24, 2.45) is 5.92 Å². The standard InChI is InChI=1S/C22H30N4O5S/c1-4-31-21(30)16-5-7-17(8-6-16)25-20(29)14-32-22-24-11-18(13-27)26(22)12-19(28)23-10-9-15(2)3/h5-8,11,15,27H,4,9-10,12-14H2,1-3H3,(H,23,28)(H,25,29). The Kier molecular flexibility index (Phi) is 10.2. The molecule has 0 saturated heterocycles. The van der Waals surface area contributed by atoms with E-state index in [9.17, 15) is 19.5 Å². The van der Waals surface area contributed by atoms with Crippen LogP contribution in [0.2, 0.25) is 0 Å². The molecule has 1 aromatic heterocycles. The van der Waals surface area contributed by atoms with Gasteiger partial charge in [-0.1, -0.05) is 25.6 Å². The Hall–Kier alpha value is -2.85. The Morgan fingerprint density at radius 2 is 1.91 bits per heavy atom. The molecular formula is C22H30N4O5S. The summed E-state index contributed by atoms with van der Waals surface area (Å²) < 4.78 is 6.54. The lowest BCUT2D eigenvalue weighted by Crippen LogP contribution is -2.30. The van der Waals surface area contributed by atoms with E-state index < -0.39 is 5.97 Å². The zero-order chi connectivity index (χ0) is 23.5. The highest BCUT2D eigenvalue weighted by Crippen LogP contribution is 2.20. The van der Waals surface area contributed by atoms with Gasteiger partial charge in [-0.3, -0.25) is 9.59 Å². The first-order valence-electron chi connectivity index (χ1n) is 10.5. The van der Waals surface area contributed by atoms with E-state index in [0.29, 0.717) is 41.2 Å². The molecule has 174 valence electrons. The molecule has 2 aromatic rings. The molecule has 0 bridgehead atoms. The van der Waals surface area contributed by atoms with Gasteiger partial charge in [0.05, 0.1) is 36.4 Å². The topological polar surface area (TPSA) is 123 Å². The number of amides is 2. The first-order chi connectivity index (χ1) is 15.3. The van der Waals surface area contributed by atoms with Crippen LogP contribution in [0.4, 0.5) is 5.69 Å². The van der Waals surface area contributed by atoms with Crippen LogP contribution in [0.5, 0.6) is 0 Å². The summed E-state index contributed by atoms with van der Waals surface area (Å²) in [4.78, 5) is 40.5. The number of carbonyl (C=O) groups excluding carboxylic acids is 3. The van der Waals surface area contributed by atoms with E-state index in [1.807, 2.05) is 0 Å². The number of thioether (sulfide) groups is 1. The van der Waals surface area contributed by atoms with E-state index in [2.05, 4.69) is 29.5 Å². The van der Waals surface area contributed by atoms with Crippen LogP contribution in [0.25, 0.3) is 0 Å². The molecule has 32 heavy (non-hydrogen) atoms. The number of benzene rings is 1. The van der Waals surface area contributed by atoms with E-state index in [4.69, 9.17) is 4.74 Å². The van der Waals surface area contributed by atoms with Gasteiger partial charge in [0.2, 0.25) is 11.8 Å². The predicted octanol–water partition coefficient (Wildman–Crippen LogP) is 2.45. The molecule has 9 nitrogen and oxygen atoms in total. The lowest BCUT2D eigenvalue weighted by molar-refractivity contribution is -0.121. The smallest absolute Gasteiger partial charge is 0.338 e. The zero-order valence-corrected chi connectivity index (χ0v) is 19.4. The van der Waals surface area contributed by atoms with Crippen LogP contribution in [-0.2, 0) is 27.5 Å². The van der Waals surface area contributed by atoms with Crippen LogP contribution >= 0.6 is 11.8 Å². The Morgan fingerprint density at radius 3 is 2.53 bits per heavy atom. The minimum absolute atomic E-state index is 0.0211. The van der Waals surface area contributed by atoms with Gasteiger partial charge in [-0.15, -0.1) is 0 Å². The summed E-state index contributed by atoms with van der Waals surface area (Å²) in [5.74, 6) is -0.300. The van der Waals surface area contributed by atoms with Crippen molar-refractivity contribution < 1.29 is 24.2 Å². The van der Waals surface area contributed by atoms with Crippen molar-refractivity contribution in [1.29, 1.82) is 0 Å². The molecular weight excluding hydrogens is 432 g/mol. The number of nitrogens with one attached hydrogen (secondary N) is 2. The van der Waals surface area contributed by atoms with E-state index in [1.165, 1.54) is 18.0 Å². The summed E-state index contributed by atoms with van der Waals surface area (Å²) in [5.41, 5.74) is 1.46. The zero-order valence-electron chi connectivity index (χ0n) is 18.6. The average Bonchev–Trinajstić information content (AvgIpc) is 3.14. The summed E-state index contributed by atoms with van der Waals surface area (Å²) in [6.45, 7) is 6.54. The fourth-order valence-electron chi connectivity index (χ4n) is 2.73. The molecule has 3 N–H and O–H groups in total. The normalized spacial score (nSPS) is 10.8. The first-order valence-corrected chi connectivity index (χ1v) is 11.4. The number of esters is 1. The monoisotopic (exact) mass is 462 g/mol. The van der Waals surface area contributed by atoms with Crippen LogP contribution in [0.1, 0.15) is 43.2 Å². The van der Waals surface area contributed by atoms with Crippen LogP contribution in [-0.4, -0.2) is 51.3 Å². The third kappa shape index (κ3) is 8.01. The van der Waals surface area contributed by atoms with Crippen molar-refractivity contribution in [3.63, 3.8) is 0 Å². The number of aliphatic hydroxyl groups excluding tert-OH is 1. The van der Waals surface area contributed by atoms with E-state index in [-0.39, 0.29) is 30.7 Å². The van der Waals surface area contributed by atoms with Crippen LogP contribution < -0.4 is 10.6 Å². The summed E-state index contributed by atoms with van der Waals surface area (Å²) in [6.07, 6.45) is 2.38. The van der Waals surface area contributed by atoms with Crippen molar-refractivity contribution in [1.82, 2.24) is 14.9 Å². The minimum Gasteiger partial charge on any atom is -0.462 e. The molecule has 0 fully saturated rings. The quantitative estimate of drug-likeness (QED) is 0.327. The molecule has 2 amide bonds. The van der Waals surface area contributed by atoms with Gasteiger partial charge < -0.3 is 25.0 Å². The highest BCUT2D eigenvalue weighted by Gasteiger charge is 2.15. The lowest BCUT2D eigenvalue weighted by Gasteiger charge is -2.12. The van der Waals surface area contributed by atoms with Crippen LogP contribution in [0.15, 0.2) is 35.6 Å². The summed E-state index contributed by atoms with van der Waals surface area (Å²) in [7, 11) is 0. The fourth-order valence-corrected chi connectivity index (χ4v) is 3.53. The van der Waals surface area contributed by atoms with Crippen molar-refractivity contribution in [2.45, 2.75) is 45.5 Å². The maximum absolute atomic E-state index is 12.3. The highest BCUT2D eigenvalue weighted by atomic mass is 32.2. The molecule has 0 saturated carbocycles. The molecule has 0 atom stereocenters. The SMILES string of the molecule is CCOC(=O)c1ccc(NC(=O)CSc2ncc(CO)n2CC(=O)NCCC(C)C)cc1. The molecule has 0 aliphatic carbocycles. The van der Waals surface area contributed by atoms with Gasteiger partial charge in [0, 0.05) is 12.2 Å². The molecule has 10 heteroatoms. The summed E-state index contributed by atoms with van der Waals surface area (Å²) >= 11 is 1.17. The number of rotatable bonds is 12. The Balaban J connectivity index is 1.91. The lowest BCUT2D eigenvalue weighted by atomic mass is 10.1. The molecule has 1 aromatic carbocycles. The minimum atomic E-state index is -0.416. The molecule has 0 spiro atoms. The number of aliphatic hydroxyl groups is 1. The number of carbonyl (C=O) groups is 3. The number of hydrogen-bond donors (Lipinski definition) is 3. The Bertz CT molecular complexity index is 912. The van der Waals surface area contributed by atoms with Gasteiger partial charge in [0.25, 0.3) is 0 Å². The van der Waals surface area contributed by atoms with Crippen LogP contribution in [0.3, 0.4) is 0 Å². The summed E-state index contributed by atoms with van der Waals surface area (Å²) in [5, 5.41) is 15.6. The van der Waals surface area contributed by atoms with Crippen molar-refractivity contribution >= 4 is 35.2 Å². The first kappa shape index (κ1) is 25.4. The number of nitrogens with zero attached hydrogens (tertiary/aromatic N) is 2. The maximum atomic E-state index is 12.3. The summed E-state index contributed by atoms with van der Waals surface area (Å²) in [6, 6.07) is 6.42. The van der Waals surface area contributed by atoms with Crippen molar-refractivity contribution in [3.8, 4) is 0 Å². The molecule has 1 heterocycles. The van der Waals surface area contributed by atoms with Gasteiger partial charge in [-0.05, 0) is 43.5 Å². The van der Waals surface area contributed by atoms with E-state index in [0.717, 1.165) is 6.42 Å².